The summed E-state index contributed by atoms with van der Waals surface area (Å²) in [6, 6.07) is 11.9. The SMILES string of the molecule is CC(C)(Oc1ccc(Cl)cc1)C(=O)NNC(=O)COc1cccc(F)c1. The maximum Gasteiger partial charge on any atom is 0.281 e. The Morgan fingerprint density at radius 3 is 2.42 bits per heavy atom. The smallest absolute Gasteiger partial charge is 0.281 e. The van der Waals surface area contributed by atoms with Gasteiger partial charge in [-0.05, 0) is 50.2 Å². The van der Waals surface area contributed by atoms with Crippen molar-refractivity contribution in [3.8, 4) is 11.5 Å². The Morgan fingerprint density at radius 2 is 1.77 bits per heavy atom. The first-order valence-electron chi connectivity index (χ1n) is 7.68. The van der Waals surface area contributed by atoms with E-state index in [1.54, 1.807) is 38.1 Å². The molecule has 0 saturated carbocycles. The molecular weight excluding hydrogens is 363 g/mol. The Hall–Kier alpha value is -2.80. The molecule has 2 rings (SSSR count). The zero-order valence-corrected chi connectivity index (χ0v) is 15.0. The Bertz CT molecular complexity index is 781. The molecule has 2 N–H and O–H groups in total. The molecule has 2 amide bonds. The number of ether oxygens (including phenoxy) is 2. The van der Waals surface area contributed by atoms with E-state index >= 15 is 0 Å². The Kier molecular flexibility index (Phi) is 6.41. The minimum atomic E-state index is -1.25. The Morgan fingerprint density at radius 1 is 1.08 bits per heavy atom. The van der Waals surface area contributed by atoms with Gasteiger partial charge in [-0.3, -0.25) is 20.4 Å². The molecule has 8 heteroatoms. The summed E-state index contributed by atoms with van der Waals surface area (Å²) in [5.74, 6) is -0.984. The van der Waals surface area contributed by atoms with Gasteiger partial charge in [0.1, 0.15) is 17.3 Å². The number of carbonyl (C=O) groups excluding carboxylic acids is 2. The van der Waals surface area contributed by atoms with E-state index in [1.807, 2.05) is 0 Å². The van der Waals surface area contributed by atoms with E-state index in [-0.39, 0.29) is 12.4 Å². The largest absolute Gasteiger partial charge is 0.484 e. The molecule has 26 heavy (non-hydrogen) atoms. The summed E-state index contributed by atoms with van der Waals surface area (Å²) in [4.78, 5) is 23.9. The van der Waals surface area contributed by atoms with Gasteiger partial charge >= 0.3 is 0 Å². The summed E-state index contributed by atoms with van der Waals surface area (Å²) in [5.41, 5.74) is 3.22. The molecule has 2 aromatic rings. The van der Waals surface area contributed by atoms with Crippen LogP contribution >= 0.6 is 11.6 Å². The van der Waals surface area contributed by atoms with Crippen LogP contribution in [0.5, 0.6) is 11.5 Å². The van der Waals surface area contributed by atoms with Gasteiger partial charge in [0.05, 0.1) is 0 Å². The first kappa shape index (κ1) is 19.5. The number of benzene rings is 2. The monoisotopic (exact) mass is 380 g/mol. The molecule has 0 unspecified atom stereocenters. The first-order valence-corrected chi connectivity index (χ1v) is 8.06. The quantitative estimate of drug-likeness (QED) is 0.755. The summed E-state index contributed by atoms with van der Waals surface area (Å²) in [7, 11) is 0. The van der Waals surface area contributed by atoms with Crippen molar-refractivity contribution >= 4 is 23.4 Å². The maximum absolute atomic E-state index is 13.0. The zero-order valence-electron chi connectivity index (χ0n) is 14.2. The van der Waals surface area contributed by atoms with Crippen molar-refractivity contribution in [1.29, 1.82) is 0 Å². The van der Waals surface area contributed by atoms with Crippen LogP contribution in [0.3, 0.4) is 0 Å². The number of carbonyl (C=O) groups is 2. The van der Waals surface area contributed by atoms with Crippen LogP contribution in [0.15, 0.2) is 48.5 Å². The number of hydrazine groups is 1. The van der Waals surface area contributed by atoms with Crippen LogP contribution in [0.25, 0.3) is 0 Å². The third-order valence-electron chi connectivity index (χ3n) is 3.21. The fraction of sp³-hybridized carbons (Fsp3) is 0.222. The van der Waals surface area contributed by atoms with Crippen molar-refractivity contribution < 1.29 is 23.5 Å². The molecule has 138 valence electrons. The average molecular weight is 381 g/mol. The van der Waals surface area contributed by atoms with Crippen molar-refractivity contribution in [2.45, 2.75) is 19.4 Å². The van der Waals surface area contributed by atoms with Crippen molar-refractivity contribution in [1.82, 2.24) is 10.9 Å². The highest BCUT2D eigenvalue weighted by atomic mass is 35.5. The summed E-state index contributed by atoms with van der Waals surface area (Å²) >= 11 is 5.80. The lowest BCUT2D eigenvalue weighted by Crippen LogP contribution is -2.53. The molecule has 6 nitrogen and oxygen atoms in total. The molecule has 0 spiro atoms. The fourth-order valence-electron chi connectivity index (χ4n) is 1.86. The topological polar surface area (TPSA) is 76.7 Å². The molecule has 0 radical (unpaired) electrons. The van der Waals surface area contributed by atoms with Gasteiger partial charge in [-0.15, -0.1) is 0 Å². The van der Waals surface area contributed by atoms with Crippen molar-refractivity contribution in [2.75, 3.05) is 6.61 Å². The molecule has 0 aliphatic heterocycles. The Balaban J connectivity index is 1.80. The molecule has 0 atom stereocenters. The van der Waals surface area contributed by atoms with Gasteiger partial charge in [-0.1, -0.05) is 17.7 Å². The highest BCUT2D eigenvalue weighted by Crippen LogP contribution is 2.20. The lowest BCUT2D eigenvalue weighted by atomic mass is 10.1. The predicted molar refractivity (Wildman–Crippen MR) is 94.3 cm³/mol. The molecule has 2 aromatic carbocycles. The lowest BCUT2D eigenvalue weighted by Gasteiger charge is -2.25. The third-order valence-corrected chi connectivity index (χ3v) is 3.47. The molecule has 0 fully saturated rings. The van der Waals surface area contributed by atoms with Crippen LogP contribution in [0, 0.1) is 5.82 Å². The van der Waals surface area contributed by atoms with E-state index in [4.69, 9.17) is 21.1 Å². The fourth-order valence-corrected chi connectivity index (χ4v) is 1.99. The summed E-state index contributed by atoms with van der Waals surface area (Å²) in [5, 5.41) is 0.546. The van der Waals surface area contributed by atoms with Crippen LogP contribution in [0.2, 0.25) is 5.02 Å². The number of nitrogens with one attached hydrogen (secondary N) is 2. The van der Waals surface area contributed by atoms with E-state index in [0.717, 1.165) is 6.07 Å². The molecule has 0 aliphatic rings. The normalized spacial score (nSPS) is 10.8. The predicted octanol–water partition coefficient (Wildman–Crippen LogP) is 2.86. The highest BCUT2D eigenvalue weighted by Gasteiger charge is 2.30. The summed E-state index contributed by atoms with van der Waals surface area (Å²) in [6.45, 7) is 2.71. The number of halogens is 2. The minimum absolute atomic E-state index is 0.206. The molecule has 0 aromatic heterocycles. The van der Waals surface area contributed by atoms with Gasteiger partial charge in [0, 0.05) is 11.1 Å². The Labute approximate surface area is 155 Å². The number of amides is 2. The van der Waals surface area contributed by atoms with Gasteiger partial charge in [0.25, 0.3) is 11.8 Å². The maximum atomic E-state index is 13.0. The zero-order chi connectivity index (χ0) is 19.2. The van der Waals surface area contributed by atoms with Crippen molar-refractivity contribution in [2.24, 2.45) is 0 Å². The second-order valence-electron chi connectivity index (χ2n) is 5.81. The van der Waals surface area contributed by atoms with Gasteiger partial charge < -0.3 is 9.47 Å². The summed E-state index contributed by atoms with van der Waals surface area (Å²) < 4.78 is 23.7. The van der Waals surface area contributed by atoms with Crippen LogP contribution in [-0.4, -0.2) is 24.0 Å². The van der Waals surface area contributed by atoms with E-state index in [2.05, 4.69) is 10.9 Å². The van der Waals surface area contributed by atoms with Gasteiger partial charge in [0.15, 0.2) is 12.2 Å². The summed E-state index contributed by atoms with van der Waals surface area (Å²) in [6.07, 6.45) is 0. The van der Waals surface area contributed by atoms with Crippen molar-refractivity contribution in [3.05, 3.63) is 59.4 Å². The third kappa shape index (κ3) is 5.93. The van der Waals surface area contributed by atoms with E-state index in [1.165, 1.54) is 18.2 Å². The number of hydrogen-bond donors (Lipinski definition) is 2. The lowest BCUT2D eigenvalue weighted by molar-refractivity contribution is -0.138. The van der Waals surface area contributed by atoms with Crippen LogP contribution in [0.1, 0.15) is 13.8 Å². The van der Waals surface area contributed by atoms with Gasteiger partial charge in [-0.25, -0.2) is 4.39 Å². The van der Waals surface area contributed by atoms with Gasteiger partial charge in [-0.2, -0.15) is 0 Å². The van der Waals surface area contributed by atoms with Crippen molar-refractivity contribution in [3.63, 3.8) is 0 Å². The van der Waals surface area contributed by atoms with Gasteiger partial charge in [0.2, 0.25) is 0 Å². The van der Waals surface area contributed by atoms with E-state index < -0.39 is 23.2 Å². The van der Waals surface area contributed by atoms with Crippen LogP contribution in [0.4, 0.5) is 4.39 Å². The van der Waals surface area contributed by atoms with Crippen LogP contribution in [-0.2, 0) is 9.59 Å². The first-order chi connectivity index (χ1) is 12.3. The molecule has 0 bridgehead atoms. The average Bonchev–Trinajstić information content (AvgIpc) is 2.59. The van der Waals surface area contributed by atoms with Crippen LogP contribution < -0.4 is 20.3 Å². The molecular formula is C18H18ClFN2O4. The van der Waals surface area contributed by atoms with E-state index in [0.29, 0.717) is 10.8 Å². The second kappa shape index (κ2) is 8.53. The molecule has 0 heterocycles. The van der Waals surface area contributed by atoms with E-state index in [9.17, 15) is 14.0 Å². The second-order valence-corrected chi connectivity index (χ2v) is 6.25. The number of rotatable bonds is 6. The minimum Gasteiger partial charge on any atom is -0.484 e. The molecule has 0 aliphatic carbocycles. The highest BCUT2D eigenvalue weighted by molar-refractivity contribution is 6.30. The standard InChI is InChI=1S/C18H18ClFN2O4/c1-18(2,26-14-8-6-12(19)7-9-14)17(24)22-21-16(23)11-25-15-5-3-4-13(20)10-15/h3-10H,11H2,1-2H3,(H,21,23)(H,22,24). The molecule has 0 saturated heterocycles. The number of hydrogen-bond acceptors (Lipinski definition) is 4.